The smallest absolute Gasteiger partial charge is 0.252 e. The van der Waals surface area contributed by atoms with E-state index in [9.17, 15) is 0 Å². The van der Waals surface area contributed by atoms with Gasteiger partial charge in [-0.25, -0.2) is 0 Å². The lowest BCUT2D eigenvalue weighted by Gasteiger charge is -2.47. The van der Waals surface area contributed by atoms with Crippen LogP contribution < -0.4 is 26.2 Å². The third-order valence-electron chi connectivity index (χ3n) is 16.9. The van der Waals surface area contributed by atoms with Gasteiger partial charge in [0, 0.05) is 34.1 Å². The molecular weight excluding hydrogens is 747 g/mol. The summed E-state index contributed by atoms with van der Waals surface area (Å²) in [6.45, 7) is 43.9. The molecule has 5 aromatic carbocycles. The van der Waals surface area contributed by atoms with Crippen LogP contribution in [0.2, 0.25) is 0 Å². The van der Waals surface area contributed by atoms with Gasteiger partial charge in [-0.3, -0.25) is 0 Å². The first-order chi connectivity index (χ1) is 28.5. The topological polar surface area (TPSA) is 6.48 Å². The third-order valence-corrected chi connectivity index (χ3v) is 16.9. The van der Waals surface area contributed by atoms with Crippen molar-refractivity contribution in [2.75, 3.05) is 9.80 Å². The number of fused-ring (bicyclic) bond motifs is 7. The van der Waals surface area contributed by atoms with Gasteiger partial charge in [0.15, 0.2) is 0 Å². The Morgan fingerprint density at radius 1 is 0.419 bits per heavy atom. The molecule has 0 bridgehead atoms. The van der Waals surface area contributed by atoms with Gasteiger partial charge in [0.1, 0.15) is 0 Å². The van der Waals surface area contributed by atoms with Crippen molar-refractivity contribution < 1.29 is 0 Å². The Morgan fingerprint density at radius 2 is 0.806 bits per heavy atom. The molecule has 0 aromatic heterocycles. The summed E-state index contributed by atoms with van der Waals surface area (Å²) in [6, 6.07) is 28.3. The molecule has 0 N–H and O–H groups in total. The highest BCUT2D eigenvalue weighted by Gasteiger charge is 2.50. The number of rotatable bonds is 2. The molecule has 0 saturated heterocycles. The Balaban J connectivity index is 1.34. The van der Waals surface area contributed by atoms with Crippen LogP contribution in [0.5, 0.6) is 0 Å². The first-order valence-corrected chi connectivity index (χ1v) is 23.9. The van der Waals surface area contributed by atoms with Crippen LogP contribution >= 0.6 is 0 Å². The maximum atomic E-state index is 2.74. The van der Waals surface area contributed by atoms with Gasteiger partial charge < -0.3 is 9.80 Å². The summed E-state index contributed by atoms with van der Waals surface area (Å²) in [6.07, 6.45) is 4.71. The first kappa shape index (κ1) is 41.8. The van der Waals surface area contributed by atoms with Gasteiger partial charge in [0.25, 0.3) is 6.71 Å². The SMILES string of the molecule is Cc1cc2c3c(c1)N(c1cc4c(cc1C)C(C)(C)CCC4(C)C)c1cc4c(cc1B3c1cc(C(C)(C)C)ccc1N2c1cc2c(cc1C)C(C)(C)CC2(C)C)C(C)(C)CC4(C)C. The second kappa shape index (κ2) is 12.5. The summed E-state index contributed by atoms with van der Waals surface area (Å²) in [5.74, 6) is 0. The molecule has 5 aromatic rings. The minimum Gasteiger partial charge on any atom is -0.311 e. The highest BCUT2D eigenvalue weighted by atomic mass is 15.2. The number of aryl methyl sites for hydroxylation is 3. The van der Waals surface area contributed by atoms with Crippen LogP contribution in [0.25, 0.3) is 0 Å². The number of benzene rings is 5. The Bertz CT molecular complexity index is 2780. The standard InChI is InChI=1S/C59H73BN2/c1-34-23-50-52-51(24-34)62(48-29-41-38(25-35(48)2)54(7,8)21-22-55(41,9)10)49-31-43-40(57(13,14)33-59(43,17)18)28-45(49)60(52)44-27-37(53(4,5)6)19-20-46(44)61(50)47-30-42-39(26-36(47)3)56(11,12)32-58(42,15)16/h19-20,23-31H,21-22,32-33H2,1-18H3. The van der Waals surface area contributed by atoms with E-state index in [0.29, 0.717) is 0 Å². The van der Waals surface area contributed by atoms with Gasteiger partial charge in [-0.2, -0.15) is 0 Å². The molecule has 2 nitrogen and oxygen atoms in total. The second-order valence-electron chi connectivity index (χ2n) is 25.8. The molecule has 3 heteroatoms. The van der Waals surface area contributed by atoms with E-state index in [0.717, 1.165) is 12.8 Å². The van der Waals surface area contributed by atoms with E-state index in [1.807, 2.05) is 0 Å². The highest BCUT2D eigenvalue weighted by molar-refractivity contribution is 7.00. The van der Waals surface area contributed by atoms with Gasteiger partial charge in [0.2, 0.25) is 0 Å². The molecule has 0 spiro atoms. The lowest BCUT2D eigenvalue weighted by atomic mass is 9.33. The molecule has 10 rings (SSSR count). The van der Waals surface area contributed by atoms with E-state index in [1.54, 1.807) is 0 Å². The van der Waals surface area contributed by atoms with E-state index in [1.165, 1.54) is 119 Å². The zero-order valence-corrected chi connectivity index (χ0v) is 41.7. The average molecular weight is 821 g/mol. The van der Waals surface area contributed by atoms with Crippen molar-refractivity contribution in [2.45, 2.75) is 188 Å². The van der Waals surface area contributed by atoms with Crippen molar-refractivity contribution in [1.82, 2.24) is 0 Å². The molecule has 5 aliphatic rings. The quantitative estimate of drug-likeness (QED) is 0.160. The average Bonchev–Trinajstić information content (AvgIpc) is 3.45. The molecule has 322 valence electrons. The van der Waals surface area contributed by atoms with Crippen molar-refractivity contribution in [3.8, 4) is 0 Å². The minimum atomic E-state index is 0.00361. The summed E-state index contributed by atoms with van der Waals surface area (Å²) in [5.41, 5.74) is 27.4. The van der Waals surface area contributed by atoms with Crippen LogP contribution in [0, 0.1) is 20.8 Å². The minimum absolute atomic E-state index is 0.00361. The fourth-order valence-electron chi connectivity index (χ4n) is 13.9. The zero-order chi connectivity index (χ0) is 44.8. The van der Waals surface area contributed by atoms with E-state index < -0.39 is 0 Å². The molecular formula is C59H73BN2. The van der Waals surface area contributed by atoms with Crippen LogP contribution in [-0.4, -0.2) is 6.71 Å². The predicted octanol–water partition coefficient (Wildman–Crippen LogP) is 14.3. The number of anilines is 6. The molecule has 0 unspecified atom stereocenters. The third kappa shape index (κ3) is 5.80. The molecule has 0 radical (unpaired) electrons. The van der Waals surface area contributed by atoms with Crippen LogP contribution in [-0.2, 0) is 37.9 Å². The lowest BCUT2D eigenvalue weighted by molar-refractivity contribution is 0.332. The summed E-state index contributed by atoms with van der Waals surface area (Å²) in [7, 11) is 0. The maximum Gasteiger partial charge on any atom is 0.252 e. The number of nitrogens with zero attached hydrogens (tertiary/aromatic N) is 2. The largest absolute Gasteiger partial charge is 0.311 e. The van der Waals surface area contributed by atoms with Crippen molar-refractivity contribution in [3.63, 3.8) is 0 Å². The Morgan fingerprint density at radius 3 is 1.29 bits per heavy atom. The van der Waals surface area contributed by atoms with E-state index in [-0.39, 0.29) is 44.6 Å². The Kier molecular flexibility index (Phi) is 8.43. The van der Waals surface area contributed by atoms with Crippen LogP contribution in [0.15, 0.2) is 66.7 Å². The second-order valence-corrected chi connectivity index (χ2v) is 25.8. The Labute approximate surface area is 376 Å². The molecule has 62 heavy (non-hydrogen) atoms. The normalized spacial score (nSPS) is 21.2. The number of hydrogen-bond acceptors (Lipinski definition) is 2. The number of hydrogen-bond donors (Lipinski definition) is 0. The van der Waals surface area contributed by atoms with Gasteiger partial charge >= 0.3 is 0 Å². The molecule has 0 fully saturated rings. The van der Waals surface area contributed by atoms with E-state index >= 15 is 0 Å². The first-order valence-electron chi connectivity index (χ1n) is 23.9. The molecule has 3 aliphatic carbocycles. The predicted molar refractivity (Wildman–Crippen MR) is 270 cm³/mol. The summed E-state index contributed by atoms with van der Waals surface area (Å²) in [5, 5.41) is 0. The van der Waals surface area contributed by atoms with Crippen LogP contribution in [0.1, 0.15) is 185 Å². The molecule has 2 heterocycles. The fraction of sp³-hybridized carbons (Fsp3) is 0.492. The van der Waals surface area contributed by atoms with Gasteiger partial charge in [-0.05, 0) is 193 Å². The van der Waals surface area contributed by atoms with Gasteiger partial charge in [0.05, 0.1) is 0 Å². The molecule has 0 amide bonds. The summed E-state index contributed by atoms with van der Waals surface area (Å²) in [4.78, 5) is 5.43. The molecule has 0 atom stereocenters. The van der Waals surface area contributed by atoms with Crippen molar-refractivity contribution in [3.05, 3.63) is 122 Å². The van der Waals surface area contributed by atoms with Crippen LogP contribution in [0.4, 0.5) is 34.1 Å². The summed E-state index contributed by atoms with van der Waals surface area (Å²) >= 11 is 0. The van der Waals surface area contributed by atoms with Gasteiger partial charge in [-0.15, -0.1) is 0 Å². The monoisotopic (exact) mass is 821 g/mol. The molecule has 0 saturated carbocycles. The van der Waals surface area contributed by atoms with Crippen molar-refractivity contribution in [2.24, 2.45) is 0 Å². The van der Waals surface area contributed by atoms with Crippen molar-refractivity contribution in [1.29, 1.82) is 0 Å². The zero-order valence-electron chi connectivity index (χ0n) is 41.7. The van der Waals surface area contributed by atoms with Crippen molar-refractivity contribution >= 4 is 57.2 Å². The van der Waals surface area contributed by atoms with E-state index in [2.05, 4.69) is 201 Å². The Hall–Kier alpha value is -4.24. The molecule has 2 aliphatic heterocycles. The summed E-state index contributed by atoms with van der Waals surface area (Å²) < 4.78 is 0. The fourth-order valence-corrected chi connectivity index (χ4v) is 13.9. The lowest BCUT2D eigenvalue weighted by Crippen LogP contribution is -2.62. The van der Waals surface area contributed by atoms with Gasteiger partial charge in [-0.1, -0.05) is 134 Å². The van der Waals surface area contributed by atoms with Crippen LogP contribution in [0.3, 0.4) is 0 Å². The maximum absolute atomic E-state index is 2.74. The van der Waals surface area contributed by atoms with E-state index in [4.69, 9.17) is 0 Å². The highest BCUT2D eigenvalue weighted by Crippen LogP contribution is 2.56.